The molecule has 30 heavy (non-hydrogen) atoms. The van der Waals surface area contributed by atoms with Crippen molar-refractivity contribution in [1.82, 2.24) is 15.2 Å². The molecule has 0 unspecified atom stereocenters. The number of aromatic nitrogens is 3. The number of hydrogen-bond acceptors (Lipinski definition) is 7. The third kappa shape index (κ3) is 3.72. The first-order chi connectivity index (χ1) is 14.3. The van der Waals surface area contributed by atoms with E-state index in [0.717, 1.165) is 30.8 Å². The van der Waals surface area contributed by atoms with Crippen LogP contribution < -0.4 is 5.32 Å². The summed E-state index contributed by atoms with van der Waals surface area (Å²) in [4.78, 5) is 38.0. The first kappa shape index (κ1) is 19.2. The maximum atomic E-state index is 12.7. The molecule has 11 heteroatoms. The topological polar surface area (TPSA) is 157 Å². The molecule has 1 amide bonds. The lowest BCUT2D eigenvalue weighted by Gasteiger charge is -2.09. The summed E-state index contributed by atoms with van der Waals surface area (Å²) in [5, 5.41) is 32.1. The number of rotatable bonds is 6. The van der Waals surface area contributed by atoms with Crippen LogP contribution in [0.1, 0.15) is 40.5 Å². The summed E-state index contributed by atoms with van der Waals surface area (Å²) in [5.74, 6) is 1.06. The van der Waals surface area contributed by atoms with Gasteiger partial charge in [0.2, 0.25) is 0 Å². The summed E-state index contributed by atoms with van der Waals surface area (Å²) < 4.78 is 0. The van der Waals surface area contributed by atoms with Gasteiger partial charge in [0.05, 0.1) is 21.5 Å². The van der Waals surface area contributed by atoms with Crippen LogP contribution in [0.3, 0.4) is 0 Å². The molecule has 0 radical (unpaired) electrons. The zero-order valence-corrected chi connectivity index (χ0v) is 15.8. The van der Waals surface area contributed by atoms with Gasteiger partial charge in [-0.25, -0.2) is 4.98 Å². The fraction of sp³-hybridized carbons (Fsp3) is 0.211. The number of benzene rings is 2. The Kier molecular flexibility index (Phi) is 4.70. The second-order valence-electron chi connectivity index (χ2n) is 7.01. The minimum Gasteiger partial charge on any atom is -0.322 e. The predicted molar refractivity (Wildman–Crippen MR) is 106 cm³/mol. The fourth-order valence-corrected chi connectivity index (χ4v) is 3.09. The Morgan fingerprint density at radius 1 is 1.17 bits per heavy atom. The zero-order chi connectivity index (χ0) is 21.4. The van der Waals surface area contributed by atoms with Gasteiger partial charge in [0.25, 0.3) is 17.3 Å². The Bertz CT molecular complexity index is 1180. The third-order valence-corrected chi connectivity index (χ3v) is 4.86. The number of non-ortho nitro benzene ring substituents is 1. The molecule has 0 bridgehead atoms. The van der Waals surface area contributed by atoms with Crippen LogP contribution in [0.15, 0.2) is 36.4 Å². The average molecular weight is 408 g/mol. The molecule has 0 spiro atoms. The lowest BCUT2D eigenvalue weighted by atomic mass is 10.0. The summed E-state index contributed by atoms with van der Waals surface area (Å²) in [6.45, 7) is 1.38. The Balaban J connectivity index is 1.62. The van der Waals surface area contributed by atoms with E-state index < -0.39 is 27.1 Å². The van der Waals surface area contributed by atoms with Crippen molar-refractivity contribution in [1.29, 1.82) is 0 Å². The normalized spacial score (nSPS) is 13.1. The van der Waals surface area contributed by atoms with Crippen molar-refractivity contribution in [2.45, 2.75) is 25.7 Å². The Labute approximate surface area is 169 Å². The van der Waals surface area contributed by atoms with Crippen molar-refractivity contribution in [2.24, 2.45) is 0 Å². The van der Waals surface area contributed by atoms with E-state index in [1.807, 2.05) is 0 Å². The van der Waals surface area contributed by atoms with Crippen LogP contribution in [0.25, 0.3) is 11.4 Å². The molecular weight excluding hydrogens is 392 g/mol. The van der Waals surface area contributed by atoms with Crippen LogP contribution in [0.5, 0.6) is 0 Å². The number of hydrogen-bond donors (Lipinski definition) is 2. The Morgan fingerprint density at radius 3 is 2.60 bits per heavy atom. The molecular formula is C19H16N6O5. The monoisotopic (exact) mass is 408 g/mol. The number of carbonyl (C=O) groups excluding carboxylic acids is 1. The smallest absolute Gasteiger partial charge is 0.279 e. The van der Waals surface area contributed by atoms with Gasteiger partial charge in [0, 0.05) is 28.8 Å². The second kappa shape index (κ2) is 7.35. The van der Waals surface area contributed by atoms with Gasteiger partial charge in [0.15, 0.2) is 5.82 Å². The van der Waals surface area contributed by atoms with Crippen LogP contribution >= 0.6 is 0 Å². The molecule has 1 fully saturated rings. The molecule has 4 rings (SSSR count). The first-order valence-corrected chi connectivity index (χ1v) is 9.11. The zero-order valence-electron chi connectivity index (χ0n) is 15.8. The van der Waals surface area contributed by atoms with Gasteiger partial charge in [0.1, 0.15) is 5.82 Å². The van der Waals surface area contributed by atoms with Crippen molar-refractivity contribution in [3.63, 3.8) is 0 Å². The van der Waals surface area contributed by atoms with E-state index in [2.05, 4.69) is 20.5 Å². The minimum absolute atomic E-state index is 0.0438. The number of H-pyrrole nitrogens is 1. The van der Waals surface area contributed by atoms with E-state index in [9.17, 15) is 25.0 Å². The number of carbonyl (C=O) groups is 1. The number of nitro benzene ring substituents is 2. The lowest BCUT2D eigenvalue weighted by Crippen LogP contribution is -2.14. The van der Waals surface area contributed by atoms with Gasteiger partial charge >= 0.3 is 0 Å². The van der Waals surface area contributed by atoms with Crippen LogP contribution in [-0.2, 0) is 0 Å². The Morgan fingerprint density at radius 2 is 1.93 bits per heavy atom. The lowest BCUT2D eigenvalue weighted by molar-refractivity contribution is -0.394. The molecule has 0 saturated heterocycles. The Hall–Kier alpha value is -4.15. The van der Waals surface area contributed by atoms with Crippen LogP contribution in [0.2, 0.25) is 0 Å². The van der Waals surface area contributed by atoms with Crippen LogP contribution in [-0.4, -0.2) is 30.9 Å². The molecule has 1 aliphatic rings. The van der Waals surface area contributed by atoms with Crippen molar-refractivity contribution >= 4 is 23.0 Å². The molecule has 0 atom stereocenters. The number of anilines is 1. The highest BCUT2D eigenvalue weighted by molar-refractivity contribution is 6.06. The molecule has 0 aliphatic heterocycles. The third-order valence-electron chi connectivity index (χ3n) is 4.86. The van der Waals surface area contributed by atoms with Gasteiger partial charge in [-0.2, -0.15) is 5.10 Å². The quantitative estimate of drug-likeness (QED) is 0.464. The van der Waals surface area contributed by atoms with E-state index in [0.29, 0.717) is 23.0 Å². The van der Waals surface area contributed by atoms with E-state index in [-0.39, 0.29) is 11.1 Å². The first-order valence-electron chi connectivity index (χ1n) is 9.11. The summed E-state index contributed by atoms with van der Waals surface area (Å²) in [7, 11) is 0. The molecule has 2 N–H and O–H groups in total. The number of nitrogens with one attached hydrogen (secondary N) is 2. The molecule has 11 nitrogen and oxygen atoms in total. The van der Waals surface area contributed by atoms with E-state index in [1.54, 1.807) is 24.3 Å². The van der Waals surface area contributed by atoms with E-state index in [1.165, 1.54) is 6.92 Å². The number of amides is 1. The summed E-state index contributed by atoms with van der Waals surface area (Å²) >= 11 is 0. The number of nitro groups is 2. The molecule has 1 aliphatic carbocycles. The van der Waals surface area contributed by atoms with Gasteiger partial charge < -0.3 is 5.32 Å². The number of nitrogens with zero attached hydrogens (tertiary/aromatic N) is 4. The minimum atomic E-state index is -0.773. The molecule has 1 aromatic heterocycles. The second-order valence-corrected chi connectivity index (χ2v) is 7.01. The molecule has 3 aromatic rings. The van der Waals surface area contributed by atoms with Crippen molar-refractivity contribution < 1.29 is 14.6 Å². The van der Waals surface area contributed by atoms with Crippen LogP contribution in [0, 0.1) is 27.2 Å². The summed E-state index contributed by atoms with van der Waals surface area (Å²) in [5.41, 5.74) is -0.0324. The highest BCUT2D eigenvalue weighted by Crippen LogP contribution is 2.38. The molecule has 152 valence electrons. The summed E-state index contributed by atoms with van der Waals surface area (Å²) in [6, 6.07) is 8.67. The maximum absolute atomic E-state index is 12.7. The summed E-state index contributed by atoms with van der Waals surface area (Å²) in [6.07, 6.45) is 2.17. The molecule has 1 heterocycles. The van der Waals surface area contributed by atoms with Gasteiger partial charge in [-0.05, 0) is 31.9 Å². The maximum Gasteiger partial charge on any atom is 0.279 e. The van der Waals surface area contributed by atoms with Crippen molar-refractivity contribution in [3.8, 4) is 11.4 Å². The predicted octanol–water partition coefficient (Wildman–Crippen LogP) is 3.73. The average Bonchev–Trinajstić information content (AvgIpc) is 3.44. The van der Waals surface area contributed by atoms with E-state index >= 15 is 0 Å². The highest BCUT2D eigenvalue weighted by atomic mass is 16.6. The molecule has 1 saturated carbocycles. The highest BCUT2D eigenvalue weighted by Gasteiger charge is 2.27. The van der Waals surface area contributed by atoms with Crippen molar-refractivity contribution in [2.75, 3.05) is 5.32 Å². The van der Waals surface area contributed by atoms with E-state index in [4.69, 9.17) is 0 Å². The van der Waals surface area contributed by atoms with Gasteiger partial charge in [-0.1, -0.05) is 12.1 Å². The van der Waals surface area contributed by atoms with Crippen LogP contribution in [0.4, 0.5) is 17.1 Å². The fourth-order valence-electron chi connectivity index (χ4n) is 3.09. The largest absolute Gasteiger partial charge is 0.322 e. The molecule has 2 aromatic carbocycles. The van der Waals surface area contributed by atoms with Gasteiger partial charge in [-0.15, -0.1) is 0 Å². The standard InChI is InChI=1S/C19H16N6O5/c1-10-15(8-14(24(27)28)9-16(10)25(29)30)19(26)20-13-4-2-3-12(7-13)18-21-17(22-23-18)11-5-6-11/h2-4,7-9,11H,5-6H2,1H3,(H,20,26)(H,21,22,23). The SMILES string of the molecule is Cc1c(C(=O)Nc2cccc(-c3n[nH]c(C4CC4)n3)c2)cc([N+](=O)[O-])cc1[N+](=O)[O-]. The van der Waals surface area contributed by atoms with Crippen molar-refractivity contribution in [3.05, 3.63) is 73.6 Å². The number of aromatic amines is 1. The van der Waals surface area contributed by atoms with Gasteiger partial charge in [-0.3, -0.25) is 30.1 Å².